The lowest BCUT2D eigenvalue weighted by atomic mass is 10.1. The largest absolute Gasteiger partial charge is 0.497 e. The molecule has 4 rings (SSSR count). The first-order valence-electron chi connectivity index (χ1n) is 11.1. The van der Waals surface area contributed by atoms with E-state index in [0.29, 0.717) is 40.3 Å². The van der Waals surface area contributed by atoms with Gasteiger partial charge in [0.2, 0.25) is 5.91 Å². The number of carbonyl (C=O) groups is 2. The minimum atomic E-state index is -0.157. The molecule has 2 aromatic carbocycles. The van der Waals surface area contributed by atoms with E-state index in [1.54, 1.807) is 37.4 Å². The van der Waals surface area contributed by atoms with Gasteiger partial charge >= 0.3 is 0 Å². The highest BCUT2D eigenvalue weighted by Gasteiger charge is 2.34. The summed E-state index contributed by atoms with van der Waals surface area (Å²) in [5, 5.41) is 12.9. The molecular formula is C24H26ClN5O3S. The number of methoxy groups -OCH3 is 1. The molecule has 0 aliphatic carbocycles. The van der Waals surface area contributed by atoms with Crippen LogP contribution in [0.1, 0.15) is 42.0 Å². The molecule has 1 N–H and O–H groups in total. The van der Waals surface area contributed by atoms with Crippen LogP contribution in [0.15, 0.2) is 53.7 Å². The van der Waals surface area contributed by atoms with E-state index < -0.39 is 0 Å². The smallest absolute Gasteiger partial charge is 0.254 e. The Kier molecular flexibility index (Phi) is 7.74. The molecule has 3 aromatic rings. The number of benzene rings is 2. The molecule has 1 aliphatic heterocycles. The molecule has 1 aliphatic rings. The van der Waals surface area contributed by atoms with Crippen LogP contribution in [0, 0.1) is 0 Å². The van der Waals surface area contributed by atoms with Gasteiger partial charge < -0.3 is 19.5 Å². The second-order valence-electron chi connectivity index (χ2n) is 7.82. The van der Waals surface area contributed by atoms with Crippen molar-refractivity contribution in [3.63, 3.8) is 0 Å². The van der Waals surface area contributed by atoms with Crippen molar-refractivity contribution < 1.29 is 14.3 Å². The van der Waals surface area contributed by atoms with E-state index in [-0.39, 0.29) is 23.6 Å². The van der Waals surface area contributed by atoms with Crippen molar-refractivity contribution in [2.45, 2.75) is 37.5 Å². The zero-order chi connectivity index (χ0) is 24.1. The van der Waals surface area contributed by atoms with Crippen molar-refractivity contribution >= 4 is 40.9 Å². The lowest BCUT2D eigenvalue weighted by Gasteiger charge is -2.24. The number of rotatable bonds is 8. The molecule has 178 valence electrons. The Morgan fingerprint density at radius 3 is 2.74 bits per heavy atom. The summed E-state index contributed by atoms with van der Waals surface area (Å²) < 4.78 is 7.18. The van der Waals surface area contributed by atoms with Gasteiger partial charge in [-0.15, -0.1) is 10.2 Å². The Bertz CT molecular complexity index is 1170. The fraction of sp³-hybridized carbons (Fsp3) is 0.333. The Balaban J connectivity index is 1.44. The Hall–Kier alpha value is -3.04. The maximum Gasteiger partial charge on any atom is 0.254 e. The van der Waals surface area contributed by atoms with Gasteiger partial charge in [0.1, 0.15) is 5.75 Å². The van der Waals surface area contributed by atoms with Gasteiger partial charge in [-0.1, -0.05) is 29.4 Å². The van der Waals surface area contributed by atoms with Crippen molar-refractivity contribution in [3.05, 3.63) is 64.9 Å². The highest BCUT2D eigenvalue weighted by atomic mass is 35.5. The quantitative estimate of drug-likeness (QED) is 0.453. The summed E-state index contributed by atoms with van der Waals surface area (Å²) >= 11 is 7.29. The number of nitrogens with zero attached hydrogens (tertiary/aromatic N) is 4. The summed E-state index contributed by atoms with van der Waals surface area (Å²) in [6.45, 7) is 3.31. The van der Waals surface area contributed by atoms with Gasteiger partial charge in [-0.25, -0.2) is 0 Å². The number of likely N-dealkylation sites (tertiary alicyclic amines) is 1. The minimum absolute atomic E-state index is 0.0447. The highest BCUT2D eigenvalue weighted by molar-refractivity contribution is 7.99. The van der Waals surface area contributed by atoms with E-state index in [1.807, 2.05) is 34.6 Å². The van der Waals surface area contributed by atoms with Gasteiger partial charge in [-0.05, 0) is 56.2 Å². The van der Waals surface area contributed by atoms with Gasteiger partial charge in [-0.3, -0.25) is 9.59 Å². The van der Waals surface area contributed by atoms with Gasteiger partial charge in [0.25, 0.3) is 5.91 Å². The number of anilines is 1. The Morgan fingerprint density at radius 1 is 1.21 bits per heavy atom. The fourth-order valence-corrected chi connectivity index (χ4v) is 4.95. The predicted molar refractivity (Wildman–Crippen MR) is 133 cm³/mol. The normalized spacial score (nSPS) is 15.4. The molecule has 1 unspecified atom stereocenters. The summed E-state index contributed by atoms with van der Waals surface area (Å²) in [7, 11) is 1.58. The molecule has 2 amide bonds. The molecule has 8 nitrogen and oxygen atoms in total. The number of hydrogen-bond donors (Lipinski definition) is 1. The molecule has 1 fully saturated rings. The summed E-state index contributed by atoms with van der Waals surface area (Å²) in [6.07, 6.45) is 1.71. The number of thioether (sulfide) groups is 1. The van der Waals surface area contributed by atoms with Crippen LogP contribution in [0.25, 0.3) is 0 Å². The molecule has 1 saturated heterocycles. The van der Waals surface area contributed by atoms with Crippen LogP contribution in [0.4, 0.5) is 5.69 Å². The third kappa shape index (κ3) is 5.37. The molecule has 0 radical (unpaired) electrons. The number of amides is 2. The summed E-state index contributed by atoms with van der Waals surface area (Å²) in [5.74, 6) is 1.42. The zero-order valence-corrected chi connectivity index (χ0v) is 20.6. The van der Waals surface area contributed by atoms with Gasteiger partial charge in [0.05, 0.1) is 18.9 Å². The fourth-order valence-electron chi connectivity index (χ4n) is 4.02. The lowest BCUT2D eigenvalue weighted by Crippen LogP contribution is -2.32. The van der Waals surface area contributed by atoms with Crippen LogP contribution in [-0.2, 0) is 11.3 Å². The first kappa shape index (κ1) is 24.1. The van der Waals surface area contributed by atoms with E-state index in [1.165, 1.54) is 11.8 Å². The van der Waals surface area contributed by atoms with E-state index in [0.717, 1.165) is 18.7 Å². The van der Waals surface area contributed by atoms with Crippen molar-refractivity contribution in [1.82, 2.24) is 19.7 Å². The van der Waals surface area contributed by atoms with Crippen molar-refractivity contribution in [2.75, 3.05) is 24.7 Å². The number of ether oxygens (including phenoxy) is 1. The van der Waals surface area contributed by atoms with E-state index in [4.69, 9.17) is 16.3 Å². The second-order valence-corrected chi connectivity index (χ2v) is 9.20. The average molecular weight is 500 g/mol. The maximum atomic E-state index is 13.1. The van der Waals surface area contributed by atoms with Crippen molar-refractivity contribution in [3.8, 4) is 5.75 Å². The summed E-state index contributed by atoms with van der Waals surface area (Å²) in [5.41, 5.74) is 1.27. The van der Waals surface area contributed by atoms with Crippen LogP contribution < -0.4 is 10.1 Å². The number of halogens is 1. The molecule has 10 heteroatoms. The summed E-state index contributed by atoms with van der Waals surface area (Å²) in [4.78, 5) is 27.5. The van der Waals surface area contributed by atoms with E-state index in [2.05, 4.69) is 15.5 Å². The molecule has 0 bridgehead atoms. The van der Waals surface area contributed by atoms with Crippen LogP contribution in [0.3, 0.4) is 0 Å². The lowest BCUT2D eigenvalue weighted by molar-refractivity contribution is -0.113. The zero-order valence-electron chi connectivity index (χ0n) is 19.0. The van der Waals surface area contributed by atoms with E-state index in [9.17, 15) is 9.59 Å². The van der Waals surface area contributed by atoms with Gasteiger partial charge in [0, 0.05) is 35.4 Å². The topological polar surface area (TPSA) is 89.3 Å². The monoisotopic (exact) mass is 499 g/mol. The van der Waals surface area contributed by atoms with Crippen molar-refractivity contribution in [2.24, 2.45) is 0 Å². The minimum Gasteiger partial charge on any atom is -0.497 e. The Morgan fingerprint density at radius 2 is 2.00 bits per heavy atom. The third-order valence-corrected chi connectivity index (χ3v) is 6.87. The first-order chi connectivity index (χ1) is 16.5. The third-order valence-electron chi connectivity index (χ3n) is 5.65. The standard InChI is InChI=1S/C24H26ClN5O3S/c1-3-29-22(20-8-5-13-30(20)23(32)16-9-11-17(25)12-10-16)27-28-24(29)34-15-21(31)26-18-6-4-7-19(14-18)33-2/h4,6-7,9-12,14,20H,3,5,8,13,15H2,1-2H3,(H,26,31). The van der Waals surface area contributed by atoms with Crippen LogP contribution >= 0.6 is 23.4 Å². The Labute approximate surface area is 207 Å². The number of hydrogen-bond acceptors (Lipinski definition) is 6. The molecular weight excluding hydrogens is 474 g/mol. The summed E-state index contributed by atoms with van der Waals surface area (Å²) in [6, 6.07) is 14.0. The van der Waals surface area contributed by atoms with Crippen LogP contribution in [0.2, 0.25) is 5.02 Å². The van der Waals surface area contributed by atoms with Crippen LogP contribution in [-0.4, -0.2) is 50.9 Å². The average Bonchev–Trinajstić information content (AvgIpc) is 3.49. The van der Waals surface area contributed by atoms with Gasteiger partial charge in [-0.2, -0.15) is 0 Å². The van der Waals surface area contributed by atoms with Crippen LogP contribution in [0.5, 0.6) is 5.75 Å². The SMILES string of the molecule is CCn1c(SCC(=O)Nc2cccc(OC)c2)nnc1C1CCCN1C(=O)c1ccc(Cl)cc1. The predicted octanol–water partition coefficient (Wildman–Crippen LogP) is 4.67. The first-order valence-corrected chi connectivity index (χ1v) is 12.4. The number of aromatic nitrogens is 3. The van der Waals surface area contributed by atoms with Gasteiger partial charge in [0.15, 0.2) is 11.0 Å². The molecule has 0 saturated carbocycles. The molecule has 1 aromatic heterocycles. The number of nitrogens with one attached hydrogen (secondary N) is 1. The molecule has 1 atom stereocenters. The van der Waals surface area contributed by atoms with Crippen molar-refractivity contribution in [1.29, 1.82) is 0 Å². The maximum absolute atomic E-state index is 13.1. The molecule has 34 heavy (non-hydrogen) atoms. The number of carbonyl (C=O) groups excluding carboxylic acids is 2. The molecule has 0 spiro atoms. The highest BCUT2D eigenvalue weighted by Crippen LogP contribution is 2.34. The second kappa shape index (κ2) is 10.9. The van der Waals surface area contributed by atoms with E-state index >= 15 is 0 Å². The molecule has 2 heterocycles.